The lowest BCUT2D eigenvalue weighted by molar-refractivity contribution is 0.622. The number of aryl methyl sites for hydroxylation is 1. The van der Waals surface area contributed by atoms with Crippen LogP contribution in [0.1, 0.15) is 22.7 Å². The topological polar surface area (TPSA) is 26.0 Å². The highest BCUT2D eigenvalue weighted by Gasteiger charge is 2.13. The van der Waals surface area contributed by atoms with Crippen LogP contribution >= 0.6 is 31.9 Å². The smallest absolute Gasteiger partial charge is 0.123 e. The highest BCUT2D eigenvalue weighted by molar-refractivity contribution is 9.11. The van der Waals surface area contributed by atoms with E-state index in [0.29, 0.717) is 0 Å². The number of hydrogen-bond donors (Lipinski definition) is 1. The standard InChI is InChI=1S/C14H12Br2FN/c1-8-4-9(6-11(17)5-8)14(18)12-3-2-10(15)7-13(12)16/h2-7,14H,18H2,1H3. The van der Waals surface area contributed by atoms with E-state index in [1.165, 1.54) is 12.1 Å². The van der Waals surface area contributed by atoms with E-state index < -0.39 is 0 Å². The minimum Gasteiger partial charge on any atom is -0.320 e. The van der Waals surface area contributed by atoms with Crippen LogP contribution < -0.4 is 5.73 Å². The van der Waals surface area contributed by atoms with E-state index in [1.54, 1.807) is 0 Å². The molecular formula is C14H12Br2FN. The van der Waals surface area contributed by atoms with Crippen molar-refractivity contribution < 1.29 is 4.39 Å². The molecule has 18 heavy (non-hydrogen) atoms. The Morgan fingerprint density at radius 3 is 2.44 bits per heavy atom. The maximum Gasteiger partial charge on any atom is 0.123 e. The Labute approximate surface area is 122 Å². The largest absolute Gasteiger partial charge is 0.320 e. The highest BCUT2D eigenvalue weighted by Crippen LogP contribution is 2.30. The minimum absolute atomic E-state index is 0.256. The van der Waals surface area contributed by atoms with Gasteiger partial charge in [-0.05, 0) is 47.9 Å². The summed E-state index contributed by atoms with van der Waals surface area (Å²) in [5.74, 6) is -0.256. The molecule has 0 saturated carbocycles. The van der Waals surface area contributed by atoms with Crippen molar-refractivity contribution in [2.75, 3.05) is 0 Å². The molecular weight excluding hydrogens is 361 g/mol. The molecule has 0 heterocycles. The van der Waals surface area contributed by atoms with E-state index in [9.17, 15) is 4.39 Å². The zero-order chi connectivity index (χ0) is 13.3. The number of benzene rings is 2. The Bertz CT molecular complexity index is 564. The Morgan fingerprint density at radius 1 is 1.11 bits per heavy atom. The molecule has 0 aliphatic heterocycles. The van der Waals surface area contributed by atoms with Crippen LogP contribution in [0.25, 0.3) is 0 Å². The van der Waals surface area contributed by atoms with Crippen LogP contribution in [0.15, 0.2) is 45.3 Å². The SMILES string of the molecule is Cc1cc(F)cc(C(N)c2ccc(Br)cc2Br)c1. The molecule has 1 atom stereocenters. The zero-order valence-corrected chi connectivity index (χ0v) is 12.9. The molecule has 1 unspecified atom stereocenters. The van der Waals surface area contributed by atoms with Gasteiger partial charge in [-0.15, -0.1) is 0 Å². The lowest BCUT2D eigenvalue weighted by atomic mass is 9.98. The van der Waals surface area contributed by atoms with Crippen molar-refractivity contribution in [2.45, 2.75) is 13.0 Å². The molecule has 0 amide bonds. The molecule has 0 fully saturated rings. The summed E-state index contributed by atoms with van der Waals surface area (Å²) in [4.78, 5) is 0. The van der Waals surface area contributed by atoms with Crippen molar-refractivity contribution in [3.8, 4) is 0 Å². The normalized spacial score (nSPS) is 12.5. The van der Waals surface area contributed by atoms with E-state index in [4.69, 9.17) is 5.73 Å². The van der Waals surface area contributed by atoms with Crippen molar-refractivity contribution in [1.82, 2.24) is 0 Å². The Hall–Kier alpha value is -0.710. The average Bonchev–Trinajstić information content (AvgIpc) is 2.26. The van der Waals surface area contributed by atoms with Crippen molar-refractivity contribution in [3.05, 3.63) is 67.9 Å². The van der Waals surface area contributed by atoms with Crippen molar-refractivity contribution in [2.24, 2.45) is 5.73 Å². The van der Waals surface area contributed by atoms with Crippen LogP contribution in [0, 0.1) is 12.7 Å². The molecule has 0 aliphatic rings. The number of hydrogen-bond acceptors (Lipinski definition) is 1. The molecule has 2 rings (SSSR count). The van der Waals surface area contributed by atoms with Gasteiger partial charge in [0.05, 0.1) is 6.04 Å². The summed E-state index contributed by atoms with van der Waals surface area (Å²) in [6.45, 7) is 1.86. The summed E-state index contributed by atoms with van der Waals surface area (Å²) >= 11 is 6.87. The second-order valence-electron chi connectivity index (χ2n) is 4.21. The van der Waals surface area contributed by atoms with Crippen LogP contribution in [0.4, 0.5) is 4.39 Å². The summed E-state index contributed by atoms with van der Waals surface area (Å²) in [5, 5.41) is 0. The highest BCUT2D eigenvalue weighted by atomic mass is 79.9. The van der Waals surface area contributed by atoms with E-state index in [2.05, 4.69) is 31.9 Å². The summed E-state index contributed by atoms with van der Waals surface area (Å²) in [6, 6.07) is 10.3. The fourth-order valence-electron chi connectivity index (χ4n) is 1.88. The van der Waals surface area contributed by atoms with Gasteiger partial charge < -0.3 is 5.73 Å². The molecule has 94 valence electrons. The van der Waals surface area contributed by atoms with Gasteiger partial charge in [0.25, 0.3) is 0 Å². The van der Waals surface area contributed by atoms with E-state index in [-0.39, 0.29) is 11.9 Å². The van der Waals surface area contributed by atoms with Crippen LogP contribution in [-0.2, 0) is 0 Å². The van der Waals surface area contributed by atoms with Crippen molar-refractivity contribution in [1.29, 1.82) is 0 Å². The lowest BCUT2D eigenvalue weighted by Gasteiger charge is -2.15. The first-order valence-corrected chi connectivity index (χ1v) is 7.03. The van der Waals surface area contributed by atoms with Gasteiger partial charge in [-0.25, -0.2) is 4.39 Å². The Morgan fingerprint density at radius 2 is 1.83 bits per heavy atom. The molecule has 0 spiro atoms. The molecule has 2 N–H and O–H groups in total. The first-order chi connectivity index (χ1) is 8.47. The average molecular weight is 373 g/mol. The molecule has 1 nitrogen and oxygen atoms in total. The van der Waals surface area contributed by atoms with Crippen LogP contribution in [0.5, 0.6) is 0 Å². The van der Waals surface area contributed by atoms with Crippen LogP contribution in [0.3, 0.4) is 0 Å². The van der Waals surface area contributed by atoms with Gasteiger partial charge in [-0.3, -0.25) is 0 Å². The molecule has 0 radical (unpaired) electrons. The fraction of sp³-hybridized carbons (Fsp3) is 0.143. The van der Waals surface area contributed by atoms with Gasteiger partial charge in [0.2, 0.25) is 0 Å². The van der Waals surface area contributed by atoms with Crippen LogP contribution in [0.2, 0.25) is 0 Å². The Balaban J connectivity index is 2.44. The second-order valence-corrected chi connectivity index (χ2v) is 5.98. The third-order valence-electron chi connectivity index (χ3n) is 2.72. The Kier molecular flexibility index (Phi) is 4.20. The second kappa shape index (κ2) is 5.51. The summed E-state index contributed by atoms with van der Waals surface area (Å²) in [6.07, 6.45) is 0. The maximum absolute atomic E-state index is 13.4. The molecule has 0 aromatic heterocycles. The summed E-state index contributed by atoms with van der Waals surface area (Å²) in [7, 11) is 0. The predicted molar refractivity (Wildman–Crippen MR) is 79.0 cm³/mol. The van der Waals surface area contributed by atoms with Gasteiger partial charge in [-0.2, -0.15) is 0 Å². The molecule has 0 aliphatic carbocycles. The fourth-order valence-corrected chi connectivity index (χ4v) is 3.17. The van der Waals surface area contributed by atoms with E-state index in [1.807, 2.05) is 31.2 Å². The zero-order valence-electron chi connectivity index (χ0n) is 9.75. The molecule has 0 bridgehead atoms. The molecule has 4 heteroatoms. The third-order valence-corrected chi connectivity index (χ3v) is 3.90. The van der Waals surface area contributed by atoms with E-state index in [0.717, 1.165) is 25.6 Å². The van der Waals surface area contributed by atoms with Crippen LogP contribution in [-0.4, -0.2) is 0 Å². The van der Waals surface area contributed by atoms with Gasteiger partial charge in [0, 0.05) is 8.95 Å². The molecule has 0 saturated heterocycles. The number of rotatable bonds is 2. The van der Waals surface area contributed by atoms with Gasteiger partial charge in [0.15, 0.2) is 0 Å². The lowest BCUT2D eigenvalue weighted by Crippen LogP contribution is -2.13. The summed E-state index contributed by atoms with van der Waals surface area (Å²) in [5.41, 5.74) is 8.77. The maximum atomic E-state index is 13.4. The van der Waals surface area contributed by atoms with Gasteiger partial charge in [0.1, 0.15) is 5.82 Å². The van der Waals surface area contributed by atoms with Gasteiger partial charge in [-0.1, -0.05) is 44.0 Å². The molecule has 2 aromatic rings. The van der Waals surface area contributed by atoms with Crippen molar-refractivity contribution >= 4 is 31.9 Å². The number of halogens is 3. The monoisotopic (exact) mass is 371 g/mol. The summed E-state index contributed by atoms with van der Waals surface area (Å²) < 4.78 is 15.3. The van der Waals surface area contributed by atoms with Crippen molar-refractivity contribution in [3.63, 3.8) is 0 Å². The van der Waals surface area contributed by atoms with E-state index >= 15 is 0 Å². The quantitative estimate of drug-likeness (QED) is 0.811. The number of nitrogens with two attached hydrogens (primary N) is 1. The first-order valence-electron chi connectivity index (χ1n) is 5.45. The predicted octanol–water partition coefficient (Wildman–Crippen LogP) is 4.71. The third kappa shape index (κ3) is 2.99. The minimum atomic E-state index is -0.345. The molecule has 2 aromatic carbocycles. The first kappa shape index (κ1) is 13.7. The van der Waals surface area contributed by atoms with Gasteiger partial charge >= 0.3 is 0 Å².